The van der Waals surface area contributed by atoms with Gasteiger partial charge in [-0.2, -0.15) is 5.26 Å². The van der Waals surface area contributed by atoms with E-state index in [-0.39, 0.29) is 11.5 Å². The van der Waals surface area contributed by atoms with Gasteiger partial charge in [-0.1, -0.05) is 0 Å². The molecule has 0 unspecified atom stereocenters. The summed E-state index contributed by atoms with van der Waals surface area (Å²) >= 11 is 0. The molecule has 3 aromatic rings. The molecule has 0 aliphatic heterocycles. The molecule has 4 heteroatoms. The maximum atomic E-state index is 9.53. The zero-order chi connectivity index (χ0) is 13.4. The third-order valence-electron chi connectivity index (χ3n) is 2.87. The minimum absolute atomic E-state index is 0.0297. The van der Waals surface area contributed by atoms with E-state index < -0.39 is 0 Å². The third-order valence-corrected chi connectivity index (χ3v) is 2.87. The molecular weight excluding hydrogens is 242 g/mol. The highest BCUT2D eigenvalue weighted by Gasteiger charge is 2.11. The van der Waals surface area contributed by atoms with Crippen LogP contribution in [0.4, 0.5) is 0 Å². The van der Waals surface area contributed by atoms with E-state index in [1.54, 1.807) is 36.4 Å². The van der Waals surface area contributed by atoms with Crippen molar-refractivity contribution in [2.45, 2.75) is 0 Å². The van der Waals surface area contributed by atoms with Crippen molar-refractivity contribution in [3.63, 3.8) is 0 Å². The summed E-state index contributed by atoms with van der Waals surface area (Å²) in [6.07, 6.45) is 0. The van der Waals surface area contributed by atoms with E-state index in [0.29, 0.717) is 22.3 Å². The van der Waals surface area contributed by atoms with Crippen molar-refractivity contribution >= 4 is 11.0 Å². The molecule has 0 saturated heterocycles. The topological polar surface area (TPSA) is 77.4 Å². The highest BCUT2D eigenvalue weighted by Crippen LogP contribution is 2.32. The molecule has 0 aliphatic rings. The van der Waals surface area contributed by atoms with Crippen LogP contribution in [-0.4, -0.2) is 10.2 Å². The number of phenolic OH excluding ortho intramolecular Hbond substituents is 2. The summed E-state index contributed by atoms with van der Waals surface area (Å²) in [5.74, 6) is 0.787. The van der Waals surface area contributed by atoms with Gasteiger partial charge in [0.05, 0.1) is 5.56 Å². The van der Waals surface area contributed by atoms with Crippen molar-refractivity contribution in [2.24, 2.45) is 0 Å². The number of benzene rings is 2. The SMILES string of the molecule is N#Cc1cc(O)cc2cc(-c3ccc(O)cc3)oc12. The first-order chi connectivity index (χ1) is 9.17. The van der Waals surface area contributed by atoms with Crippen LogP contribution in [0.15, 0.2) is 46.9 Å². The average molecular weight is 251 g/mol. The number of nitriles is 1. The van der Waals surface area contributed by atoms with Crippen LogP contribution in [0.1, 0.15) is 5.56 Å². The van der Waals surface area contributed by atoms with Gasteiger partial charge in [0.25, 0.3) is 0 Å². The summed E-state index contributed by atoms with van der Waals surface area (Å²) in [5, 5.41) is 28.5. The molecule has 1 aromatic heterocycles. The molecule has 0 spiro atoms. The Balaban J connectivity index is 2.22. The van der Waals surface area contributed by atoms with E-state index >= 15 is 0 Å². The van der Waals surface area contributed by atoms with Crippen molar-refractivity contribution in [3.05, 3.63) is 48.0 Å². The van der Waals surface area contributed by atoms with Crippen LogP contribution in [0, 0.1) is 11.3 Å². The number of rotatable bonds is 1. The summed E-state index contributed by atoms with van der Waals surface area (Å²) in [7, 11) is 0. The Bertz CT molecular complexity index is 795. The molecule has 2 N–H and O–H groups in total. The second kappa shape index (κ2) is 4.07. The normalized spacial score (nSPS) is 10.5. The molecule has 0 atom stereocenters. The quantitative estimate of drug-likeness (QED) is 0.695. The first-order valence-electron chi connectivity index (χ1n) is 5.63. The predicted molar refractivity (Wildman–Crippen MR) is 69.7 cm³/mol. The number of aromatic hydroxyl groups is 2. The van der Waals surface area contributed by atoms with Gasteiger partial charge >= 0.3 is 0 Å². The van der Waals surface area contributed by atoms with Crippen LogP contribution in [0.2, 0.25) is 0 Å². The van der Waals surface area contributed by atoms with Crippen LogP contribution in [0.3, 0.4) is 0 Å². The van der Waals surface area contributed by atoms with E-state index in [2.05, 4.69) is 0 Å². The van der Waals surface area contributed by atoms with E-state index in [9.17, 15) is 10.2 Å². The Morgan fingerprint density at radius 3 is 2.37 bits per heavy atom. The average Bonchev–Trinajstić information content (AvgIpc) is 2.82. The Morgan fingerprint density at radius 2 is 1.68 bits per heavy atom. The van der Waals surface area contributed by atoms with Crippen LogP contribution in [0.25, 0.3) is 22.3 Å². The molecule has 0 fully saturated rings. The van der Waals surface area contributed by atoms with E-state index in [1.807, 2.05) is 6.07 Å². The van der Waals surface area contributed by atoms with Gasteiger partial charge in [0.15, 0.2) is 5.58 Å². The van der Waals surface area contributed by atoms with Crippen molar-refractivity contribution in [3.8, 4) is 28.9 Å². The van der Waals surface area contributed by atoms with Crippen LogP contribution >= 0.6 is 0 Å². The van der Waals surface area contributed by atoms with Crippen LogP contribution in [-0.2, 0) is 0 Å². The highest BCUT2D eigenvalue weighted by atomic mass is 16.3. The standard InChI is InChI=1S/C15H9NO3/c16-8-11-6-13(18)5-10-7-14(19-15(10)11)9-1-3-12(17)4-2-9/h1-7,17-18H. The van der Waals surface area contributed by atoms with Gasteiger partial charge in [0.1, 0.15) is 23.3 Å². The van der Waals surface area contributed by atoms with Gasteiger partial charge < -0.3 is 14.6 Å². The molecule has 92 valence electrons. The highest BCUT2D eigenvalue weighted by molar-refractivity contribution is 5.88. The summed E-state index contributed by atoms with van der Waals surface area (Å²) in [5.41, 5.74) is 1.53. The number of fused-ring (bicyclic) bond motifs is 1. The lowest BCUT2D eigenvalue weighted by Gasteiger charge is -1.96. The van der Waals surface area contributed by atoms with E-state index in [1.165, 1.54) is 6.07 Å². The van der Waals surface area contributed by atoms with Gasteiger partial charge in [-0.3, -0.25) is 0 Å². The van der Waals surface area contributed by atoms with Gasteiger partial charge in [-0.25, -0.2) is 0 Å². The van der Waals surface area contributed by atoms with E-state index in [0.717, 1.165) is 5.56 Å². The zero-order valence-electron chi connectivity index (χ0n) is 9.79. The number of hydrogen-bond acceptors (Lipinski definition) is 4. The monoisotopic (exact) mass is 251 g/mol. The van der Waals surface area contributed by atoms with Gasteiger partial charge in [0, 0.05) is 17.0 Å². The maximum Gasteiger partial charge on any atom is 0.152 e. The summed E-state index contributed by atoms with van der Waals surface area (Å²) < 4.78 is 5.66. The first-order valence-corrected chi connectivity index (χ1v) is 5.63. The molecule has 4 nitrogen and oxygen atoms in total. The Morgan fingerprint density at radius 1 is 0.947 bits per heavy atom. The summed E-state index contributed by atoms with van der Waals surface area (Å²) in [6.45, 7) is 0. The summed E-state index contributed by atoms with van der Waals surface area (Å²) in [4.78, 5) is 0. The molecule has 1 heterocycles. The van der Waals surface area contributed by atoms with E-state index in [4.69, 9.17) is 9.68 Å². The lowest BCUT2D eigenvalue weighted by Crippen LogP contribution is -1.74. The van der Waals surface area contributed by atoms with Crippen molar-refractivity contribution in [2.75, 3.05) is 0 Å². The van der Waals surface area contributed by atoms with Gasteiger partial charge in [-0.15, -0.1) is 0 Å². The van der Waals surface area contributed by atoms with Crippen molar-refractivity contribution in [1.29, 1.82) is 5.26 Å². The second-order valence-electron chi connectivity index (χ2n) is 4.18. The smallest absolute Gasteiger partial charge is 0.152 e. The Kier molecular flexibility index (Phi) is 2.39. The van der Waals surface area contributed by atoms with Gasteiger partial charge in [-0.05, 0) is 36.4 Å². The maximum absolute atomic E-state index is 9.53. The molecular formula is C15H9NO3. The lowest BCUT2D eigenvalue weighted by atomic mass is 10.1. The molecule has 0 radical (unpaired) electrons. The zero-order valence-corrected chi connectivity index (χ0v) is 9.79. The minimum Gasteiger partial charge on any atom is -0.508 e. The van der Waals surface area contributed by atoms with Gasteiger partial charge in [0.2, 0.25) is 0 Å². The Labute approximate surface area is 108 Å². The molecule has 0 bridgehead atoms. The number of phenols is 2. The largest absolute Gasteiger partial charge is 0.508 e. The third kappa shape index (κ3) is 1.87. The summed E-state index contributed by atoms with van der Waals surface area (Å²) in [6, 6.07) is 13.2. The lowest BCUT2D eigenvalue weighted by molar-refractivity contribution is 0.474. The van der Waals surface area contributed by atoms with Crippen molar-refractivity contribution < 1.29 is 14.6 Å². The van der Waals surface area contributed by atoms with Crippen LogP contribution in [0.5, 0.6) is 11.5 Å². The molecule has 2 aromatic carbocycles. The van der Waals surface area contributed by atoms with Crippen molar-refractivity contribution in [1.82, 2.24) is 0 Å². The predicted octanol–water partition coefficient (Wildman–Crippen LogP) is 3.38. The van der Waals surface area contributed by atoms with Crippen LogP contribution < -0.4 is 0 Å². The second-order valence-corrected chi connectivity index (χ2v) is 4.18. The molecule has 0 amide bonds. The fourth-order valence-corrected chi connectivity index (χ4v) is 1.99. The number of nitrogens with zero attached hydrogens (tertiary/aromatic N) is 1. The number of furan rings is 1. The number of hydrogen-bond donors (Lipinski definition) is 2. The molecule has 0 aliphatic carbocycles. The molecule has 0 saturated carbocycles. The first kappa shape index (κ1) is 11.2. The Hall–Kier alpha value is -2.93. The minimum atomic E-state index is 0.0297. The molecule has 19 heavy (non-hydrogen) atoms. The fourth-order valence-electron chi connectivity index (χ4n) is 1.99. The molecule has 3 rings (SSSR count). The fraction of sp³-hybridized carbons (Fsp3) is 0.